The predicted molar refractivity (Wildman–Crippen MR) is 68.7 cm³/mol. The fourth-order valence-corrected chi connectivity index (χ4v) is 2.04. The van der Waals surface area contributed by atoms with Gasteiger partial charge in [-0.05, 0) is 53.1 Å². The summed E-state index contributed by atoms with van der Waals surface area (Å²) in [6, 6.07) is 8.50. The molecule has 1 aromatic carbocycles. The van der Waals surface area contributed by atoms with Gasteiger partial charge in [-0.1, -0.05) is 12.1 Å². The van der Waals surface area contributed by atoms with Crippen LogP contribution in [0.4, 0.5) is 0 Å². The molecule has 0 spiro atoms. The van der Waals surface area contributed by atoms with Crippen LogP contribution in [-0.2, 0) is 0 Å². The number of nitrogens with zero attached hydrogens (tertiary/aromatic N) is 1. The van der Waals surface area contributed by atoms with E-state index in [4.69, 9.17) is 0 Å². The topological polar surface area (TPSA) is 28.7 Å². The smallest absolute Gasteiger partial charge is 0.109 e. The fourth-order valence-electron chi connectivity index (χ4n) is 1.68. The van der Waals surface area contributed by atoms with Crippen molar-refractivity contribution >= 4 is 22.6 Å². The Hall–Kier alpha value is -0.840. The maximum Gasteiger partial charge on any atom is 0.109 e. The van der Waals surface area contributed by atoms with Gasteiger partial charge in [-0.25, -0.2) is 4.98 Å². The molecule has 3 rings (SSSR count). The fraction of sp³-hybridized carbons (Fsp3) is 0.250. The lowest BCUT2D eigenvalue weighted by Crippen LogP contribution is -1.82. The highest BCUT2D eigenvalue weighted by Crippen LogP contribution is 2.38. The second kappa shape index (κ2) is 3.63. The van der Waals surface area contributed by atoms with Gasteiger partial charge in [0, 0.05) is 9.49 Å². The van der Waals surface area contributed by atoms with E-state index in [-0.39, 0.29) is 0 Å². The molecule has 1 saturated carbocycles. The van der Waals surface area contributed by atoms with Crippen LogP contribution in [0, 0.1) is 3.57 Å². The minimum absolute atomic E-state index is 0.697. The molecule has 1 aromatic heterocycles. The van der Waals surface area contributed by atoms with Gasteiger partial charge in [0.15, 0.2) is 0 Å². The number of aromatic amines is 1. The van der Waals surface area contributed by atoms with E-state index in [0.29, 0.717) is 5.92 Å². The molecular weight excluding hydrogens is 299 g/mol. The van der Waals surface area contributed by atoms with Crippen LogP contribution in [0.25, 0.3) is 11.3 Å². The van der Waals surface area contributed by atoms with Crippen LogP contribution in [0.15, 0.2) is 30.5 Å². The third-order valence-electron chi connectivity index (χ3n) is 2.71. The molecule has 0 radical (unpaired) electrons. The molecule has 1 N–H and O–H groups in total. The Morgan fingerprint density at radius 3 is 2.60 bits per heavy atom. The van der Waals surface area contributed by atoms with E-state index in [1.54, 1.807) is 0 Å². The molecule has 0 saturated heterocycles. The molecule has 0 atom stereocenters. The number of rotatable bonds is 2. The van der Waals surface area contributed by atoms with Gasteiger partial charge in [0.2, 0.25) is 0 Å². The number of hydrogen-bond acceptors (Lipinski definition) is 1. The average molecular weight is 310 g/mol. The van der Waals surface area contributed by atoms with Crippen molar-refractivity contribution < 1.29 is 0 Å². The average Bonchev–Trinajstić information content (AvgIpc) is 2.99. The minimum Gasteiger partial charge on any atom is -0.342 e. The van der Waals surface area contributed by atoms with Crippen LogP contribution in [0.1, 0.15) is 24.6 Å². The number of nitrogens with one attached hydrogen (secondary N) is 1. The number of halogens is 1. The Morgan fingerprint density at radius 1 is 1.20 bits per heavy atom. The van der Waals surface area contributed by atoms with Gasteiger partial charge in [-0.3, -0.25) is 0 Å². The van der Waals surface area contributed by atoms with Gasteiger partial charge in [0.25, 0.3) is 0 Å². The Morgan fingerprint density at radius 2 is 1.93 bits per heavy atom. The summed E-state index contributed by atoms with van der Waals surface area (Å²) >= 11 is 2.32. The van der Waals surface area contributed by atoms with Crippen molar-refractivity contribution in [2.75, 3.05) is 0 Å². The van der Waals surface area contributed by atoms with Gasteiger partial charge in [-0.2, -0.15) is 0 Å². The summed E-state index contributed by atoms with van der Waals surface area (Å²) in [5.74, 6) is 1.85. The number of imidazole rings is 1. The summed E-state index contributed by atoms with van der Waals surface area (Å²) in [4.78, 5) is 7.82. The zero-order chi connectivity index (χ0) is 10.3. The zero-order valence-corrected chi connectivity index (χ0v) is 10.4. The molecule has 1 fully saturated rings. The van der Waals surface area contributed by atoms with E-state index in [1.807, 2.05) is 6.20 Å². The Bertz CT molecular complexity index is 469. The first kappa shape index (κ1) is 9.39. The summed E-state index contributed by atoms with van der Waals surface area (Å²) in [6.45, 7) is 0. The van der Waals surface area contributed by atoms with E-state index >= 15 is 0 Å². The van der Waals surface area contributed by atoms with Crippen LogP contribution < -0.4 is 0 Å². The lowest BCUT2D eigenvalue weighted by Gasteiger charge is -1.97. The van der Waals surface area contributed by atoms with Crippen molar-refractivity contribution in [2.45, 2.75) is 18.8 Å². The third kappa shape index (κ3) is 1.93. The maximum absolute atomic E-state index is 4.42. The van der Waals surface area contributed by atoms with Crippen LogP contribution >= 0.6 is 22.6 Å². The summed E-state index contributed by atoms with van der Waals surface area (Å²) < 4.78 is 1.26. The highest BCUT2D eigenvalue weighted by molar-refractivity contribution is 14.1. The molecular formula is C12H11IN2. The van der Waals surface area contributed by atoms with E-state index in [1.165, 1.54) is 22.0 Å². The van der Waals surface area contributed by atoms with Gasteiger partial charge < -0.3 is 4.98 Å². The van der Waals surface area contributed by atoms with Crippen molar-refractivity contribution in [3.63, 3.8) is 0 Å². The highest BCUT2D eigenvalue weighted by Gasteiger charge is 2.26. The summed E-state index contributed by atoms with van der Waals surface area (Å²) in [6.07, 6.45) is 4.52. The van der Waals surface area contributed by atoms with Gasteiger partial charge >= 0.3 is 0 Å². The first-order valence-corrected chi connectivity index (χ1v) is 6.21. The molecule has 76 valence electrons. The number of hydrogen-bond donors (Lipinski definition) is 1. The molecule has 1 aliphatic rings. The van der Waals surface area contributed by atoms with E-state index in [9.17, 15) is 0 Å². The molecule has 2 aromatic rings. The Kier molecular flexibility index (Phi) is 2.27. The monoisotopic (exact) mass is 310 g/mol. The van der Waals surface area contributed by atoms with Gasteiger partial charge in [-0.15, -0.1) is 0 Å². The molecule has 15 heavy (non-hydrogen) atoms. The summed E-state index contributed by atoms with van der Waals surface area (Å²) in [7, 11) is 0. The van der Waals surface area contributed by atoms with Gasteiger partial charge in [0.1, 0.15) is 5.82 Å². The van der Waals surface area contributed by atoms with Crippen molar-refractivity contribution in [1.82, 2.24) is 9.97 Å². The largest absolute Gasteiger partial charge is 0.342 e. The lowest BCUT2D eigenvalue weighted by molar-refractivity contribution is 0.977. The number of benzene rings is 1. The predicted octanol–water partition coefficient (Wildman–Crippen LogP) is 3.56. The van der Waals surface area contributed by atoms with Crippen LogP contribution in [0.2, 0.25) is 0 Å². The summed E-state index contributed by atoms with van der Waals surface area (Å²) in [5, 5.41) is 0. The molecule has 1 heterocycles. The van der Waals surface area contributed by atoms with Crippen LogP contribution in [0.5, 0.6) is 0 Å². The van der Waals surface area contributed by atoms with E-state index < -0.39 is 0 Å². The zero-order valence-electron chi connectivity index (χ0n) is 8.20. The maximum atomic E-state index is 4.42. The van der Waals surface area contributed by atoms with Crippen molar-refractivity contribution in [2.24, 2.45) is 0 Å². The highest BCUT2D eigenvalue weighted by atomic mass is 127. The molecule has 2 nitrogen and oxygen atoms in total. The van der Waals surface area contributed by atoms with Crippen molar-refractivity contribution in [1.29, 1.82) is 0 Å². The summed E-state index contributed by atoms with van der Waals surface area (Å²) in [5.41, 5.74) is 2.35. The lowest BCUT2D eigenvalue weighted by atomic mass is 10.2. The number of aromatic nitrogens is 2. The van der Waals surface area contributed by atoms with Crippen molar-refractivity contribution in [3.05, 3.63) is 39.9 Å². The van der Waals surface area contributed by atoms with Gasteiger partial charge in [0.05, 0.1) is 11.9 Å². The normalized spacial score (nSPS) is 15.5. The second-order valence-electron chi connectivity index (χ2n) is 3.96. The molecule has 0 aliphatic heterocycles. The molecule has 0 bridgehead atoms. The third-order valence-corrected chi connectivity index (χ3v) is 3.43. The quantitative estimate of drug-likeness (QED) is 0.844. The minimum atomic E-state index is 0.697. The molecule has 3 heteroatoms. The molecule has 0 amide bonds. The second-order valence-corrected chi connectivity index (χ2v) is 5.21. The first-order chi connectivity index (χ1) is 7.33. The number of H-pyrrole nitrogens is 1. The van der Waals surface area contributed by atoms with E-state index in [2.05, 4.69) is 56.8 Å². The Labute approximate surface area is 102 Å². The SMILES string of the molecule is Ic1ccc(-c2cnc(C3CC3)[nH]2)cc1. The standard InChI is InChI=1S/C12H11IN2/c13-10-5-3-8(4-6-10)11-7-14-12(15-11)9-1-2-9/h3-7,9H,1-2H2,(H,14,15). The first-order valence-electron chi connectivity index (χ1n) is 5.14. The molecule has 1 aliphatic carbocycles. The van der Waals surface area contributed by atoms with Crippen molar-refractivity contribution in [3.8, 4) is 11.3 Å². The van der Waals surface area contributed by atoms with Crippen LogP contribution in [0.3, 0.4) is 0 Å². The molecule has 0 unspecified atom stereocenters. The Balaban J connectivity index is 1.93. The van der Waals surface area contributed by atoms with Crippen LogP contribution in [-0.4, -0.2) is 9.97 Å². The van der Waals surface area contributed by atoms with E-state index in [0.717, 1.165) is 11.5 Å².